The highest BCUT2D eigenvalue weighted by Crippen LogP contribution is 2.09. The minimum Gasteiger partial charge on any atom is -0.383 e. The molecule has 0 spiro atoms. The molecule has 1 amide bonds. The van der Waals surface area contributed by atoms with Gasteiger partial charge >= 0.3 is 0 Å². The number of amides is 1. The lowest BCUT2D eigenvalue weighted by molar-refractivity contribution is -0.136. The van der Waals surface area contributed by atoms with Crippen LogP contribution >= 0.6 is 0 Å². The van der Waals surface area contributed by atoms with Gasteiger partial charge in [0.15, 0.2) is 0 Å². The minimum atomic E-state index is 0.0206. The number of carbonyl (C=O) groups excluding carboxylic acids is 1. The molecule has 17 heavy (non-hydrogen) atoms. The Bertz CT molecular complexity index is 192. The van der Waals surface area contributed by atoms with Crippen LogP contribution in [0.25, 0.3) is 0 Å². The average molecular weight is 246 g/mol. The van der Waals surface area contributed by atoms with E-state index in [-0.39, 0.29) is 11.8 Å². The highest BCUT2D eigenvalue weighted by molar-refractivity contribution is 5.78. The largest absolute Gasteiger partial charge is 0.383 e. The number of nitrogens with zero attached hydrogens (tertiary/aromatic N) is 1. The maximum atomic E-state index is 12.1. The van der Waals surface area contributed by atoms with Crippen molar-refractivity contribution in [3.63, 3.8) is 0 Å². The lowest BCUT2D eigenvalue weighted by atomic mass is 10.0. The molecule has 0 aliphatic carbocycles. The van der Waals surface area contributed by atoms with Crippen LogP contribution in [-0.2, 0) is 14.3 Å². The maximum absolute atomic E-state index is 12.1. The third-order valence-electron chi connectivity index (χ3n) is 2.71. The first kappa shape index (κ1) is 16.4. The molecule has 0 aliphatic rings. The molecule has 0 fully saturated rings. The van der Waals surface area contributed by atoms with Gasteiger partial charge in [-0.1, -0.05) is 6.92 Å². The summed E-state index contributed by atoms with van der Waals surface area (Å²) in [6, 6.07) is 0. The van der Waals surface area contributed by atoms with Gasteiger partial charge in [0.25, 0.3) is 0 Å². The molecule has 1 unspecified atom stereocenters. The third-order valence-corrected chi connectivity index (χ3v) is 2.71. The molecular formula is C12H26N2O3. The molecule has 0 aromatic carbocycles. The second-order valence-electron chi connectivity index (χ2n) is 4.14. The number of hydrogen-bond acceptors (Lipinski definition) is 4. The number of methoxy groups -OCH3 is 2. The van der Waals surface area contributed by atoms with Crippen molar-refractivity contribution >= 4 is 5.91 Å². The van der Waals surface area contributed by atoms with Gasteiger partial charge in [-0.3, -0.25) is 4.79 Å². The lowest BCUT2D eigenvalue weighted by Gasteiger charge is -2.25. The Morgan fingerprint density at radius 3 is 2.18 bits per heavy atom. The molecule has 5 heteroatoms. The lowest BCUT2D eigenvalue weighted by Crippen LogP contribution is -2.39. The minimum absolute atomic E-state index is 0.0206. The topological polar surface area (TPSA) is 64.8 Å². The molecule has 0 aliphatic heterocycles. The van der Waals surface area contributed by atoms with Crippen LogP contribution in [0.3, 0.4) is 0 Å². The fourth-order valence-electron chi connectivity index (χ4n) is 1.59. The highest BCUT2D eigenvalue weighted by atomic mass is 16.5. The van der Waals surface area contributed by atoms with E-state index in [1.54, 1.807) is 19.1 Å². The van der Waals surface area contributed by atoms with Gasteiger partial charge < -0.3 is 20.1 Å². The van der Waals surface area contributed by atoms with E-state index in [2.05, 4.69) is 0 Å². The number of hydrogen-bond donors (Lipinski definition) is 1. The van der Waals surface area contributed by atoms with Gasteiger partial charge in [-0.25, -0.2) is 0 Å². The van der Waals surface area contributed by atoms with Crippen molar-refractivity contribution in [1.29, 1.82) is 0 Å². The molecule has 5 nitrogen and oxygen atoms in total. The van der Waals surface area contributed by atoms with Crippen LogP contribution in [0.5, 0.6) is 0 Å². The average Bonchev–Trinajstić information content (AvgIpc) is 2.35. The van der Waals surface area contributed by atoms with Crippen molar-refractivity contribution in [2.75, 3.05) is 47.1 Å². The Labute approximate surface area is 104 Å². The molecule has 2 N–H and O–H groups in total. The predicted molar refractivity (Wildman–Crippen MR) is 67.8 cm³/mol. The predicted octanol–water partition coefficient (Wildman–Crippen LogP) is 0.483. The number of carbonyl (C=O) groups is 1. The Balaban J connectivity index is 4.18. The summed E-state index contributed by atoms with van der Waals surface area (Å²) in [6.07, 6.45) is 1.72. The summed E-state index contributed by atoms with van der Waals surface area (Å²) < 4.78 is 10.0. The van der Waals surface area contributed by atoms with Gasteiger partial charge in [-0.05, 0) is 19.4 Å². The van der Waals surface area contributed by atoms with Gasteiger partial charge in [0.2, 0.25) is 5.91 Å². The summed E-state index contributed by atoms with van der Waals surface area (Å²) in [4.78, 5) is 13.9. The standard InChI is InChI=1S/C12H26N2O3/c1-11(5-4-6-13)12(15)14(7-9-16-2)8-10-17-3/h11H,4-10,13H2,1-3H3. The van der Waals surface area contributed by atoms with Crippen molar-refractivity contribution in [3.8, 4) is 0 Å². The summed E-state index contributed by atoms with van der Waals surface area (Å²) in [6.45, 7) is 4.92. The number of nitrogens with two attached hydrogens (primary N) is 1. The maximum Gasteiger partial charge on any atom is 0.225 e. The highest BCUT2D eigenvalue weighted by Gasteiger charge is 2.19. The zero-order valence-electron chi connectivity index (χ0n) is 11.3. The van der Waals surface area contributed by atoms with E-state index in [4.69, 9.17) is 15.2 Å². The first-order valence-electron chi connectivity index (χ1n) is 6.14. The number of ether oxygens (including phenoxy) is 2. The molecule has 0 aromatic rings. The van der Waals surface area contributed by atoms with Gasteiger partial charge in [0.05, 0.1) is 13.2 Å². The summed E-state index contributed by atoms with van der Waals surface area (Å²) in [7, 11) is 3.27. The van der Waals surface area contributed by atoms with Crippen LogP contribution < -0.4 is 5.73 Å². The Morgan fingerprint density at radius 2 is 1.76 bits per heavy atom. The van der Waals surface area contributed by atoms with Crippen LogP contribution in [0, 0.1) is 5.92 Å². The van der Waals surface area contributed by atoms with Crippen LogP contribution in [0.4, 0.5) is 0 Å². The van der Waals surface area contributed by atoms with Crippen LogP contribution in [0.1, 0.15) is 19.8 Å². The van der Waals surface area contributed by atoms with E-state index in [1.807, 2.05) is 6.92 Å². The van der Waals surface area contributed by atoms with Crippen LogP contribution in [0.15, 0.2) is 0 Å². The summed E-state index contributed by atoms with van der Waals surface area (Å²) >= 11 is 0. The van der Waals surface area contributed by atoms with Gasteiger partial charge in [-0.2, -0.15) is 0 Å². The first-order chi connectivity index (χ1) is 8.17. The summed E-state index contributed by atoms with van der Waals surface area (Å²) in [5, 5.41) is 0. The van der Waals surface area contributed by atoms with E-state index < -0.39 is 0 Å². The smallest absolute Gasteiger partial charge is 0.225 e. The molecule has 0 aromatic heterocycles. The number of rotatable bonds is 10. The summed E-state index contributed by atoms with van der Waals surface area (Å²) in [5.41, 5.74) is 5.45. The molecule has 0 heterocycles. The molecule has 0 radical (unpaired) electrons. The first-order valence-corrected chi connectivity index (χ1v) is 6.14. The molecule has 102 valence electrons. The third kappa shape index (κ3) is 7.31. The van der Waals surface area contributed by atoms with Gasteiger partial charge in [-0.15, -0.1) is 0 Å². The van der Waals surface area contributed by atoms with E-state index in [9.17, 15) is 4.79 Å². The van der Waals surface area contributed by atoms with Crippen LogP contribution in [-0.4, -0.2) is 57.9 Å². The zero-order valence-corrected chi connectivity index (χ0v) is 11.3. The van der Waals surface area contributed by atoms with E-state index in [1.165, 1.54) is 0 Å². The molecule has 0 saturated heterocycles. The second kappa shape index (κ2) is 10.5. The second-order valence-corrected chi connectivity index (χ2v) is 4.14. The normalized spacial score (nSPS) is 12.5. The van der Waals surface area contributed by atoms with Crippen molar-refractivity contribution in [3.05, 3.63) is 0 Å². The van der Waals surface area contributed by atoms with Crippen LogP contribution in [0.2, 0.25) is 0 Å². The quantitative estimate of drug-likeness (QED) is 0.609. The Morgan fingerprint density at radius 1 is 1.24 bits per heavy atom. The molecular weight excluding hydrogens is 220 g/mol. The van der Waals surface area contributed by atoms with E-state index in [0.717, 1.165) is 12.8 Å². The van der Waals surface area contributed by atoms with Crippen molar-refractivity contribution in [2.45, 2.75) is 19.8 Å². The SMILES string of the molecule is COCCN(CCOC)C(=O)C(C)CCCN. The molecule has 0 rings (SSSR count). The van der Waals surface area contributed by atoms with Crippen molar-refractivity contribution < 1.29 is 14.3 Å². The van der Waals surface area contributed by atoms with Gasteiger partial charge in [0, 0.05) is 33.2 Å². The van der Waals surface area contributed by atoms with Crippen molar-refractivity contribution in [1.82, 2.24) is 4.90 Å². The molecule has 0 bridgehead atoms. The zero-order chi connectivity index (χ0) is 13.1. The fraction of sp³-hybridized carbons (Fsp3) is 0.917. The van der Waals surface area contributed by atoms with Gasteiger partial charge in [0.1, 0.15) is 0 Å². The van der Waals surface area contributed by atoms with E-state index >= 15 is 0 Å². The Kier molecular flexibility index (Phi) is 10.1. The monoisotopic (exact) mass is 246 g/mol. The van der Waals surface area contributed by atoms with Crippen molar-refractivity contribution in [2.24, 2.45) is 11.7 Å². The Hall–Kier alpha value is -0.650. The van der Waals surface area contributed by atoms with E-state index in [0.29, 0.717) is 32.8 Å². The molecule has 0 saturated carbocycles. The summed E-state index contributed by atoms with van der Waals surface area (Å²) in [5.74, 6) is 0.180. The fourth-order valence-corrected chi connectivity index (χ4v) is 1.59. The molecule has 1 atom stereocenters.